The van der Waals surface area contributed by atoms with E-state index in [0.717, 1.165) is 0 Å². The first-order valence-electron chi connectivity index (χ1n) is 10.3. The Bertz CT molecular complexity index is 785. The monoisotopic (exact) mass is 416 g/mol. The Hall–Kier alpha value is -2.74. The molecule has 0 aliphatic carbocycles. The molecule has 2 amide bonds. The molecule has 30 heavy (non-hydrogen) atoms. The predicted molar refractivity (Wildman–Crippen MR) is 111 cm³/mol. The SMILES string of the molecule is CC(C)COC(=O)NC(=N)c1ccccc1C(=O)CC(C)C(=O)N1CCC([O])CC1. The van der Waals surface area contributed by atoms with Crippen LogP contribution in [-0.4, -0.2) is 54.3 Å². The van der Waals surface area contributed by atoms with Crippen LogP contribution in [0.15, 0.2) is 24.3 Å². The maximum Gasteiger partial charge on any atom is 0.412 e. The van der Waals surface area contributed by atoms with Crippen molar-refractivity contribution in [3.05, 3.63) is 35.4 Å². The van der Waals surface area contributed by atoms with Crippen LogP contribution in [0.4, 0.5) is 4.79 Å². The van der Waals surface area contributed by atoms with Crippen LogP contribution in [-0.2, 0) is 14.6 Å². The summed E-state index contributed by atoms with van der Waals surface area (Å²) < 4.78 is 5.02. The molecule has 2 N–H and O–H groups in total. The first-order chi connectivity index (χ1) is 14.2. The number of hydrogen-bond donors (Lipinski definition) is 2. The molecule has 1 radical (unpaired) electrons. The van der Waals surface area contributed by atoms with Gasteiger partial charge < -0.3 is 9.64 Å². The van der Waals surface area contributed by atoms with E-state index in [1.807, 2.05) is 13.8 Å². The number of rotatable bonds is 7. The van der Waals surface area contributed by atoms with Gasteiger partial charge in [0.2, 0.25) is 5.91 Å². The number of carbonyl (C=O) groups is 3. The average molecular weight is 416 g/mol. The molecule has 163 valence electrons. The van der Waals surface area contributed by atoms with E-state index in [4.69, 9.17) is 10.1 Å². The van der Waals surface area contributed by atoms with Crippen molar-refractivity contribution in [3.63, 3.8) is 0 Å². The van der Waals surface area contributed by atoms with Gasteiger partial charge in [-0.3, -0.25) is 20.3 Å². The second kappa shape index (κ2) is 10.9. The van der Waals surface area contributed by atoms with Crippen molar-refractivity contribution in [1.29, 1.82) is 5.41 Å². The fraction of sp³-hybridized carbons (Fsp3) is 0.545. The summed E-state index contributed by atoms with van der Waals surface area (Å²) in [4.78, 5) is 39.0. The minimum absolute atomic E-state index is 0.0156. The number of likely N-dealkylation sites (tertiary alicyclic amines) is 1. The van der Waals surface area contributed by atoms with Crippen LogP contribution in [0.2, 0.25) is 0 Å². The quantitative estimate of drug-likeness (QED) is 0.403. The van der Waals surface area contributed by atoms with Crippen LogP contribution >= 0.6 is 0 Å². The van der Waals surface area contributed by atoms with E-state index in [0.29, 0.717) is 25.9 Å². The third kappa shape index (κ3) is 6.66. The van der Waals surface area contributed by atoms with Crippen molar-refractivity contribution in [2.75, 3.05) is 19.7 Å². The van der Waals surface area contributed by atoms with Gasteiger partial charge in [0.05, 0.1) is 12.7 Å². The van der Waals surface area contributed by atoms with Gasteiger partial charge in [0.25, 0.3) is 0 Å². The zero-order valence-corrected chi connectivity index (χ0v) is 17.8. The third-order valence-corrected chi connectivity index (χ3v) is 4.94. The van der Waals surface area contributed by atoms with E-state index in [9.17, 15) is 19.5 Å². The Morgan fingerprint density at radius 2 is 1.73 bits per heavy atom. The fourth-order valence-corrected chi connectivity index (χ4v) is 3.26. The first kappa shape index (κ1) is 23.5. The molecule has 0 aromatic heterocycles. The van der Waals surface area contributed by atoms with Gasteiger partial charge in [0, 0.05) is 36.6 Å². The number of amidine groups is 1. The van der Waals surface area contributed by atoms with Crippen molar-refractivity contribution in [3.8, 4) is 0 Å². The third-order valence-electron chi connectivity index (χ3n) is 4.94. The molecule has 8 heteroatoms. The van der Waals surface area contributed by atoms with Crippen LogP contribution < -0.4 is 5.32 Å². The van der Waals surface area contributed by atoms with Gasteiger partial charge in [-0.2, -0.15) is 0 Å². The lowest BCUT2D eigenvalue weighted by Crippen LogP contribution is -2.42. The molecular formula is C22H30N3O5. The summed E-state index contributed by atoms with van der Waals surface area (Å²) in [7, 11) is 0. The summed E-state index contributed by atoms with van der Waals surface area (Å²) in [6.07, 6.45) is -0.515. The van der Waals surface area contributed by atoms with E-state index in [-0.39, 0.29) is 47.6 Å². The largest absolute Gasteiger partial charge is 0.449 e. The van der Waals surface area contributed by atoms with Crippen LogP contribution in [0, 0.1) is 17.2 Å². The lowest BCUT2D eigenvalue weighted by Gasteiger charge is -2.30. The lowest BCUT2D eigenvalue weighted by molar-refractivity contribution is -0.137. The number of carbonyl (C=O) groups excluding carboxylic acids is 3. The van der Waals surface area contributed by atoms with E-state index < -0.39 is 18.1 Å². The zero-order chi connectivity index (χ0) is 22.3. The summed E-state index contributed by atoms with van der Waals surface area (Å²) in [5.74, 6) is -1.03. The number of alkyl carbamates (subject to hydrolysis) is 1. The summed E-state index contributed by atoms with van der Waals surface area (Å²) in [6, 6.07) is 6.49. The number of Topliss-reactive ketones (excluding diaryl/α,β-unsaturated/α-hetero) is 1. The van der Waals surface area contributed by atoms with E-state index >= 15 is 0 Å². The smallest absolute Gasteiger partial charge is 0.412 e. The zero-order valence-electron chi connectivity index (χ0n) is 17.8. The van der Waals surface area contributed by atoms with Crippen molar-refractivity contribution in [1.82, 2.24) is 10.2 Å². The molecule has 1 saturated heterocycles. The Labute approximate surface area is 177 Å². The van der Waals surface area contributed by atoms with E-state index in [1.165, 1.54) is 0 Å². The summed E-state index contributed by atoms with van der Waals surface area (Å²) >= 11 is 0. The number of nitrogens with zero attached hydrogens (tertiary/aromatic N) is 1. The van der Waals surface area contributed by atoms with Crippen LogP contribution in [0.1, 0.15) is 56.0 Å². The second-order valence-electron chi connectivity index (χ2n) is 8.09. The first-order valence-corrected chi connectivity index (χ1v) is 10.3. The highest BCUT2D eigenvalue weighted by atomic mass is 16.5. The highest BCUT2D eigenvalue weighted by Gasteiger charge is 2.28. The summed E-state index contributed by atoms with van der Waals surface area (Å²) in [5.41, 5.74) is 0.542. The molecule has 1 aromatic rings. The Morgan fingerprint density at radius 1 is 1.13 bits per heavy atom. The van der Waals surface area contributed by atoms with Gasteiger partial charge in [-0.15, -0.1) is 0 Å². The molecule has 1 fully saturated rings. The van der Waals surface area contributed by atoms with E-state index in [1.54, 1.807) is 36.1 Å². The second-order valence-corrected chi connectivity index (χ2v) is 8.09. The summed E-state index contributed by atoms with van der Waals surface area (Å²) in [5, 5.41) is 21.9. The van der Waals surface area contributed by atoms with Crippen LogP contribution in [0.25, 0.3) is 0 Å². The standard InChI is InChI=1S/C22H30N3O5/c1-14(2)13-30-22(29)24-20(23)18-7-5-4-6-17(18)19(27)12-15(3)21(28)25-10-8-16(26)9-11-25/h4-7,14-16H,8-13H2,1-3H3,(H2,23,24,29). The highest BCUT2D eigenvalue weighted by molar-refractivity contribution is 6.12. The number of ether oxygens (including phenoxy) is 1. The number of benzene rings is 1. The molecule has 1 heterocycles. The molecule has 1 aliphatic rings. The van der Waals surface area contributed by atoms with Crippen molar-refractivity contribution in [2.24, 2.45) is 11.8 Å². The molecular weight excluding hydrogens is 386 g/mol. The minimum Gasteiger partial charge on any atom is -0.449 e. The molecule has 1 atom stereocenters. The maximum atomic E-state index is 12.9. The van der Waals surface area contributed by atoms with Gasteiger partial charge in [-0.05, 0) is 18.8 Å². The van der Waals surface area contributed by atoms with Crippen LogP contribution in [0.5, 0.6) is 0 Å². The van der Waals surface area contributed by atoms with Gasteiger partial charge in [0.15, 0.2) is 5.78 Å². The molecule has 0 saturated carbocycles. The number of piperidine rings is 1. The molecule has 1 aliphatic heterocycles. The molecule has 1 unspecified atom stereocenters. The average Bonchev–Trinajstić information content (AvgIpc) is 2.72. The predicted octanol–water partition coefficient (Wildman–Crippen LogP) is 3.02. The fourth-order valence-electron chi connectivity index (χ4n) is 3.26. The van der Waals surface area contributed by atoms with Gasteiger partial charge >= 0.3 is 6.09 Å². The summed E-state index contributed by atoms with van der Waals surface area (Å²) in [6.45, 7) is 6.57. The Kier molecular flexibility index (Phi) is 8.53. The number of nitrogens with one attached hydrogen (secondary N) is 2. The number of ketones is 1. The topological polar surface area (TPSA) is 119 Å². The Morgan fingerprint density at radius 3 is 2.33 bits per heavy atom. The molecule has 2 rings (SSSR count). The maximum absolute atomic E-state index is 12.9. The van der Waals surface area contributed by atoms with E-state index in [2.05, 4.69) is 5.32 Å². The van der Waals surface area contributed by atoms with Crippen molar-refractivity contribution >= 4 is 23.6 Å². The lowest BCUT2D eigenvalue weighted by atomic mass is 9.94. The molecule has 0 spiro atoms. The minimum atomic E-state index is -0.749. The van der Waals surface area contributed by atoms with Gasteiger partial charge in [-0.1, -0.05) is 45.0 Å². The number of amides is 2. The Balaban J connectivity index is 2.01. The van der Waals surface area contributed by atoms with Gasteiger partial charge in [-0.25, -0.2) is 9.90 Å². The van der Waals surface area contributed by atoms with Gasteiger partial charge in [0.1, 0.15) is 5.84 Å². The van der Waals surface area contributed by atoms with Crippen molar-refractivity contribution < 1.29 is 24.2 Å². The van der Waals surface area contributed by atoms with Crippen molar-refractivity contribution in [2.45, 2.75) is 46.1 Å². The molecule has 0 bridgehead atoms. The molecule has 8 nitrogen and oxygen atoms in total. The normalized spacial score (nSPS) is 15.6. The highest BCUT2D eigenvalue weighted by Crippen LogP contribution is 2.19. The molecule has 1 aromatic carbocycles. The number of hydrogen-bond acceptors (Lipinski definition) is 5. The van der Waals surface area contributed by atoms with Crippen LogP contribution in [0.3, 0.4) is 0 Å².